The second-order valence-corrected chi connectivity index (χ2v) is 9.91. The van der Waals surface area contributed by atoms with Gasteiger partial charge in [-0.15, -0.1) is 0 Å². The van der Waals surface area contributed by atoms with Crippen molar-refractivity contribution in [2.75, 3.05) is 26.2 Å². The van der Waals surface area contributed by atoms with E-state index in [-0.39, 0.29) is 11.9 Å². The first-order valence-electron chi connectivity index (χ1n) is 10.6. The fraction of sp³-hybridized carbons (Fsp3) is 0.667. The van der Waals surface area contributed by atoms with Crippen LogP contribution in [-0.4, -0.2) is 61.8 Å². The third-order valence-electron chi connectivity index (χ3n) is 5.89. The number of benzene rings is 1. The number of hydrogen-bond donors (Lipinski definition) is 1. The zero-order valence-corrected chi connectivity index (χ0v) is 17.7. The van der Waals surface area contributed by atoms with E-state index in [1.807, 2.05) is 6.92 Å². The normalized spacial score (nSPS) is 21.7. The summed E-state index contributed by atoms with van der Waals surface area (Å²) < 4.78 is 26.9. The van der Waals surface area contributed by atoms with Crippen LogP contribution in [0.1, 0.15) is 51.9 Å². The molecular weight excluding hydrogens is 374 g/mol. The van der Waals surface area contributed by atoms with Crippen molar-refractivity contribution >= 4 is 15.9 Å². The van der Waals surface area contributed by atoms with Gasteiger partial charge in [0.1, 0.15) is 0 Å². The summed E-state index contributed by atoms with van der Waals surface area (Å²) in [4.78, 5) is 15.0. The van der Waals surface area contributed by atoms with Crippen molar-refractivity contribution in [2.45, 2.75) is 68.8 Å². The highest BCUT2D eigenvalue weighted by molar-refractivity contribution is 7.89. The molecule has 0 radical (unpaired) electrons. The van der Waals surface area contributed by atoms with E-state index in [1.54, 1.807) is 35.2 Å². The molecule has 1 aromatic carbocycles. The van der Waals surface area contributed by atoms with Crippen molar-refractivity contribution in [3.05, 3.63) is 30.3 Å². The highest BCUT2D eigenvalue weighted by Crippen LogP contribution is 2.19. The van der Waals surface area contributed by atoms with Crippen molar-refractivity contribution in [1.82, 2.24) is 14.5 Å². The van der Waals surface area contributed by atoms with E-state index < -0.39 is 10.0 Å². The van der Waals surface area contributed by atoms with E-state index >= 15 is 0 Å². The number of carbonyl (C=O) groups is 1. The zero-order valence-electron chi connectivity index (χ0n) is 16.8. The SMILES string of the molecule is C[C@@H](NC1CCCCCCC1)C(=O)N1CCN(S(=O)(=O)c2ccccc2)CC1. The number of hydrogen-bond acceptors (Lipinski definition) is 4. The van der Waals surface area contributed by atoms with Gasteiger partial charge >= 0.3 is 0 Å². The van der Waals surface area contributed by atoms with Crippen LogP contribution in [0.2, 0.25) is 0 Å². The molecule has 1 saturated heterocycles. The predicted molar refractivity (Wildman–Crippen MR) is 110 cm³/mol. The standard InChI is InChI=1S/C21H33N3O3S/c1-18(22-19-10-6-3-2-4-7-11-19)21(25)23-14-16-24(17-15-23)28(26,27)20-12-8-5-9-13-20/h5,8-9,12-13,18-19,22H,2-4,6-7,10-11,14-17H2,1H3/t18-/m1/s1. The van der Waals surface area contributed by atoms with Gasteiger partial charge in [0.25, 0.3) is 0 Å². The number of rotatable bonds is 5. The van der Waals surface area contributed by atoms with Gasteiger partial charge in [-0.25, -0.2) is 8.42 Å². The maximum atomic E-state index is 12.8. The van der Waals surface area contributed by atoms with Crippen LogP contribution < -0.4 is 5.32 Å². The van der Waals surface area contributed by atoms with Gasteiger partial charge < -0.3 is 10.2 Å². The van der Waals surface area contributed by atoms with Crippen molar-refractivity contribution in [2.24, 2.45) is 0 Å². The molecule has 1 saturated carbocycles. The van der Waals surface area contributed by atoms with Gasteiger partial charge in [0.05, 0.1) is 10.9 Å². The summed E-state index contributed by atoms with van der Waals surface area (Å²) in [5.74, 6) is 0.0822. The van der Waals surface area contributed by atoms with Gasteiger partial charge in [-0.2, -0.15) is 4.31 Å². The molecule has 6 nitrogen and oxygen atoms in total. The van der Waals surface area contributed by atoms with Crippen molar-refractivity contribution in [3.8, 4) is 0 Å². The molecule has 7 heteroatoms. The number of nitrogens with one attached hydrogen (secondary N) is 1. The summed E-state index contributed by atoms with van der Waals surface area (Å²) in [5.41, 5.74) is 0. The summed E-state index contributed by atoms with van der Waals surface area (Å²) in [5, 5.41) is 3.53. The number of piperazine rings is 1. The molecule has 156 valence electrons. The van der Waals surface area contributed by atoms with E-state index in [9.17, 15) is 13.2 Å². The minimum Gasteiger partial charge on any atom is -0.339 e. The summed E-state index contributed by atoms with van der Waals surface area (Å²) in [6.45, 7) is 3.52. The Morgan fingerprint density at radius 3 is 2.14 bits per heavy atom. The van der Waals surface area contributed by atoms with E-state index in [0.717, 1.165) is 12.8 Å². The Kier molecular flexibility index (Phi) is 7.48. The summed E-state index contributed by atoms with van der Waals surface area (Å²) >= 11 is 0. The average molecular weight is 408 g/mol. The molecule has 3 rings (SSSR count). The first-order valence-corrected chi connectivity index (χ1v) is 12.0. The van der Waals surface area contributed by atoms with Crippen molar-refractivity contribution in [1.29, 1.82) is 0 Å². The van der Waals surface area contributed by atoms with E-state index in [1.165, 1.54) is 36.4 Å². The van der Waals surface area contributed by atoms with Gasteiger partial charge in [-0.3, -0.25) is 4.79 Å². The Hall–Kier alpha value is -1.44. The Labute approximate surface area is 169 Å². The third-order valence-corrected chi connectivity index (χ3v) is 7.81. The van der Waals surface area contributed by atoms with Gasteiger partial charge in [0.2, 0.25) is 15.9 Å². The molecule has 1 aliphatic carbocycles. The van der Waals surface area contributed by atoms with Gasteiger partial charge in [0, 0.05) is 32.2 Å². The lowest BCUT2D eigenvalue weighted by Crippen LogP contribution is -2.55. The van der Waals surface area contributed by atoms with Gasteiger partial charge in [-0.05, 0) is 31.9 Å². The van der Waals surface area contributed by atoms with Crippen molar-refractivity contribution in [3.63, 3.8) is 0 Å². The van der Waals surface area contributed by atoms with Crippen LogP contribution in [0.5, 0.6) is 0 Å². The lowest BCUT2D eigenvalue weighted by Gasteiger charge is -2.36. The number of nitrogens with zero attached hydrogens (tertiary/aromatic N) is 2. The minimum atomic E-state index is -3.48. The Morgan fingerprint density at radius 1 is 0.964 bits per heavy atom. The molecule has 1 amide bonds. The topological polar surface area (TPSA) is 69.7 Å². The third kappa shape index (κ3) is 5.33. The van der Waals surface area contributed by atoms with Crippen LogP contribution >= 0.6 is 0 Å². The summed E-state index contributed by atoms with van der Waals surface area (Å²) in [6.07, 6.45) is 8.65. The number of carbonyl (C=O) groups excluding carboxylic acids is 1. The van der Waals surface area contributed by atoms with Crippen LogP contribution in [0.25, 0.3) is 0 Å². The molecule has 0 bridgehead atoms. The first kappa shape index (κ1) is 21.3. The van der Waals surface area contributed by atoms with E-state index in [2.05, 4.69) is 5.32 Å². The van der Waals surface area contributed by atoms with E-state index in [0.29, 0.717) is 37.1 Å². The fourth-order valence-corrected chi connectivity index (χ4v) is 5.66. The molecular formula is C21H33N3O3S. The maximum absolute atomic E-state index is 12.8. The monoisotopic (exact) mass is 407 g/mol. The quantitative estimate of drug-likeness (QED) is 0.815. The molecule has 1 N–H and O–H groups in total. The Morgan fingerprint density at radius 2 is 1.54 bits per heavy atom. The van der Waals surface area contributed by atoms with Crippen LogP contribution in [0.3, 0.4) is 0 Å². The summed E-state index contributed by atoms with van der Waals surface area (Å²) in [6, 6.07) is 8.70. The molecule has 28 heavy (non-hydrogen) atoms. The molecule has 2 fully saturated rings. The van der Waals surface area contributed by atoms with Crippen molar-refractivity contribution < 1.29 is 13.2 Å². The molecule has 1 aromatic rings. The van der Waals surface area contributed by atoms with Crippen LogP contribution in [0.4, 0.5) is 0 Å². The first-order chi connectivity index (χ1) is 13.5. The van der Waals surface area contributed by atoms with Crippen LogP contribution in [0, 0.1) is 0 Å². The molecule has 0 spiro atoms. The second-order valence-electron chi connectivity index (χ2n) is 7.97. The molecule has 1 aliphatic heterocycles. The molecule has 0 aromatic heterocycles. The lowest BCUT2D eigenvalue weighted by atomic mass is 9.96. The zero-order chi connectivity index (χ0) is 20.0. The highest BCUT2D eigenvalue weighted by Gasteiger charge is 2.31. The average Bonchev–Trinajstić information content (AvgIpc) is 2.70. The molecule has 1 atom stereocenters. The molecule has 1 heterocycles. The lowest BCUT2D eigenvalue weighted by molar-refractivity contribution is -0.134. The smallest absolute Gasteiger partial charge is 0.243 e. The Balaban J connectivity index is 1.51. The van der Waals surface area contributed by atoms with Gasteiger partial charge in [0.15, 0.2) is 0 Å². The Bertz CT molecular complexity index is 723. The summed E-state index contributed by atoms with van der Waals surface area (Å²) in [7, 11) is -3.48. The minimum absolute atomic E-state index is 0.0822. The highest BCUT2D eigenvalue weighted by atomic mass is 32.2. The van der Waals surface area contributed by atoms with E-state index in [4.69, 9.17) is 0 Å². The second kappa shape index (κ2) is 9.85. The fourth-order valence-electron chi connectivity index (χ4n) is 4.21. The molecule has 0 unspecified atom stereocenters. The van der Waals surface area contributed by atoms with Crippen LogP contribution in [0.15, 0.2) is 35.2 Å². The molecule has 2 aliphatic rings. The number of amides is 1. The maximum Gasteiger partial charge on any atom is 0.243 e. The van der Waals surface area contributed by atoms with Crippen LogP contribution in [-0.2, 0) is 14.8 Å². The predicted octanol–water partition coefficient (Wildman–Crippen LogP) is 2.61. The largest absolute Gasteiger partial charge is 0.339 e. The van der Waals surface area contributed by atoms with Gasteiger partial charge in [-0.1, -0.05) is 50.3 Å². The number of sulfonamides is 1.